The van der Waals surface area contributed by atoms with E-state index in [1.165, 1.54) is 11.3 Å². The fourth-order valence-electron chi connectivity index (χ4n) is 1.76. The van der Waals surface area contributed by atoms with Crippen LogP contribution in [-0.4, -0.2) is 16.6 Å². The zero-order valence-electron chi connectivity index (χ0n) is 9.16. The number of ketones is 2. The number of thiazole rings is 1. The summed E-state index contributed by atoms with van der Waals surface area (Å²) < 4.78 is 0. The zero-order valence-corrected chi connectivity index (χ0v) is 9.98. The lowest BCUT2D eigenvalue weighted by Gasteiger charge is -2.13. The number of carbonyl (C=O) groups excluding carboxylic acids is 2. The van der Waals surface area contributed by atoms with Gasteiger partial charge in [-0.05, 0) is 13.3 Å². The lowest BCUT2D eigenvalue weighted by molar-refractivity contribution is 0.0970. The van der Waals surface area contributed by atoms with Gasteiger partial charge in [-0.25, -0.2) is 4.98 Å². The third kappa shape index (κ3) is 1.48. The minimum absolute atomic E-state index is 0.0738. The molecule has 0 saturated carbocycles. The van der Waals surface area contributed by atoms with Crippen molar-refractivity contribution in [3.05, 3.63) is 26.8 Å². The van der Waals surface area contributed by atoms with Crippen LogP contribution in [0.1, 0.15) is 44.9 Å². The average Bonchev–Trinajstić information content (AvgIpc) is 2.64. The van der Waals surface area contributed by atoms with E-state index < -0.39 is 0 Å². The highest BCUT2D eigenvalue weighted by molar-refractivity contribution is 7.14. The number of aromatic nitrogens is 1. The number of nitrogens with two attached hydrogens (primary N) is 1. The van der Waals surface area contributed by atoms with Crippen molar-refractivity contribution in [1.82, 2.24) is 4.98 Å². The molecular formula is C11H12N2O2S. The van der Waals surface area contributed by atoms with Crippen LogP contribution in [0.5, 0.6) is 0 Å². The molecule has 0 bridgehead atoms. The summed E-state index contributed by atoms with van der Waals surface area (Å²) in [7, 11) is 0. The molecular weight excluding hydrogens is 224 g/mol. The summed E-state index contributed by atoms with van der Waals surface area (Å²) in [5.74, 6) is -0.429. The van der Waals surface area contributed by atoms with Crippen LogP contribution >= 0.6 is 11.3 Å². The molecule has 2 N–H and O–H groups in total. The largest absolute Gasteiger partial charge is 0.395 e. The summed E-state index contributed by atoms with van der Waals surface area (Å²) in [5, 5.41) is 0.720. The molecule has 5 heteroatoms. The number of carbonyl (C=O) groups is 2. The van der Waals surface area contributed by atoms with E-state index in [4.69, 9.17) is 5.73 Å². The van der Waals surface area contributed by atoms with Gasteiger partial charge in [-0.3, -0.25) is 9.59 Å². The first-order valence-corrected chi connectivity index (χ1v) is 5.93. The van der Waals surface area contributed by atoms with E-state index in [0.29, 0.717) is 16.9 Å². The SMILES string of the molecule is CCCC1=C(N)C(=O)c2nc(C)sc2C1=O. The maximum absolute atomic E-state index is 12.1. The topological polar surface area (TPSA) is 73.1 Å². The normalized spacial score (nSPS) is 15.6. The van der Waals surface area contributed by atoms with Gasteiger partial charge in [-0.2, -0.15) is 0 Å². The zero-order chi connectivity index (χ0) is 11.9. The van der Waals surface area contributed by atoms with Gasteiger partial charge in [0.15, 0.2) is 0 Å². The van der Waals surface area contributed by atoms with Gasteiger partial charge < -0.3 is 5.73 Å². The molecule has 4 nitrogen and oxygen atoms in total. The maximum atomic E-state index is 12.1. The quantitative estimate of drug-likeness (QED) is 0.850. The molecule has 1 heterocycles. The number of rotatable bonds is 2. The van der Waals surface area contributed by atoms with Crippen molar-refractivity contribution < 1.29 is 9.59 Å². The van der Waals surface area contributed by atoms with Crippen molar-refractivity contribution >= 4 is 22.9 Å². The Kier molecular flexibility index (Phi) is 2.63. The number of aryl methyl sites for hydroxylation is 1. The number of nitrogens with zero attached hydrogens (tertiary/aromatic N) is 1. The van der Waals surface area contributed by atoms with Gasteiger partial charge in [0.1, 0.15) is 10.6 Å². The van der Waals surface area contributed by atoms with E-state index in [2.05, 4.69) is 4.98 Å². The van der Waals surface area contributed by atoms with E-state index in [9.17, 15) is 9.59 Å². The molecule has 0 saturated heterocycles. The van der Waals surface area contributed by atoms with E-state index in [-0.39, 0.29) is 23.0 Å². The second kappa shape index (κ2) is 3.83. The molecule has 1 aliphatic carbocycles. The van der Waals surface area contributed by atoms with E-state index in [1.54, 1.807) is 6.92 Å². The van der Waals surface area contributed by atoms with E-state index >= 15 is 0 Å². The van der Waals surface area contributed by atoms with Crippen LogP contribution in [-0.2, 0) is 0 Å². The van der Waals surface area contributed by atoms with Crippen LogP contribution in [0.4, 0.5) is 0 Å². The summed E-state index contributed by atoms with van der Waals surface area (Å²) in [6.07, 6.45) is 1.34. The molecule has 1 aromatic rings. The Hall–Kier alpha value is -1.49. The molecule has 0 unspecified atom stereocenters. The van der Waals surface area contributed by atoms with E-state index in [0.717, 1.165) is 11.4 Å². The maximum Gasteiger partial charge on any atom is 0.229 e. The van der Waals surface area contributed by atoms with Crippen LogP contribution in [0.25, 0.3) is 0 Å². The Morgan fingerprint density at radius 2 is 2.00 bits per heavy atom. The van der Waals surface area contributed by atoms with Gasteiger partial charge in [-0.1, -0.05) is 13.3 Å². The number of Topliss-reactive ketones (excluding diaryl/α,β-unsaturated/α-hetero) is 2. The molecule has 0 spiro atoms. The Balaban J connectivity index is 2.57. The second-order valence-electron chi connectivity index (χ2n) is 3.71. The molecule has 2 rings (SSSR count). The van der Waals surface area contributed by atoms with Gasteiger partial charge >= 0.3 is 0 Å². The Bertz CT molecular complexity index is 514. The lowest BCUT2D eigenvalue weighted by Crippen LogP contribution is -2.25. The summed E-state index contributed by atoms with van der Waals surface area (Å²) in [6, 6.07) is 0. The number of allylic oxidation sites excluding steroid dienone is 2. The van der Waals surface area contributed by atoms with Crippen molar-refractivity contribution in [2.75, 3.05) is 0 Å². The molecule has 1 aromatic heterocycles. The second-order valence-corrected chi connectivity index (χ2v) is 4.91. The van der Waals surface area contributed by atoms with Crippen LogP contribution in [0.15, 0.2) is 11.3 Å². The first-order chi connectivity index (χ1) is 7.56. The third-order valence-corrected chi connectivity index (χ3v) is 3.47. The minimum atomic E-state index is -0.303. The number of hydrogen-bond donors (Lipinski definition) is 1. The minimum Gasteiger partial charge on any atom is -0.395 e. The summed E-state index contributed by atoms with van der Waals surface area (Å²) in [6.45, 7) is 3.73. The molecule has 0 atom stereocenters. The molecule has 84 valence electrons. The first-order valence-electron chi connectivity index (χ1n) is 5.11. The van der Waals surface area contributed by atoms with E-state index in [1.807, 2.05) is 6.92 Å². The highest BCUT2D eigenvalue weighted by Crippen LogP contribution is 2.30. The highest BCUT2D eigenvalue weighted by atomic mass is 32.1. The molecule has 0 aliphatic heterocycles. The number of hydrogen-bond acceptors (Lipinski definition) is 5. The molecule has 0 amide bonds. The van der Waals surface area contributed by atoms with Crippen LogP contribution in [0.2, 0.25) is 0 Å². The predicted molar refractivity (Wildman–Crippen MR) is 61.6 cm³/mol. The Labute approximate surface area is 97.2 Å². The fourth-order valence-corrected chi connectivity index (χ4v) is 2.64. The molecule has 0 fully saturated rings. The first kappa shape index (κ1) is 11.0. The van der Waals surface area contributed by atoms with Crippen molar-refractivity contribution in [3.8, 4) is 0 Å². The smallest absolute Gasteiger partial charge is 0.229 e. The summed E-state index contributed by atoms with van der Waals surface area (Å²) in [5.41, 5.74) is 6.45. The average molecular weight is 236 g/mol. The van der Waals surface area contributed by atoms with Crippen molar-refractivity contribution in [1.29, 1.82) is 0 Å². The van der Waals surface area contributed by atoms with Crippen LogP contribution < -0.4 is 5.73 Å². The molecule has 0 aromatic carbocycles. The number of fused-ring (bicyclic) bond motifs is 1. The van der Waals surface area contributed by atoms with Crippen molar-refractivity contribution in [2.24, 2.45) is 5.73 Å². The predicted octanol–water partition coefficient (Wildman–Crippen LogP) is 1.84. The lowest BCUT2D eigenvalue weighted by atomic mass is 9.93. The van der Waals surface area contributed by atoms with Gasteiger partial charge in [0, 0.05) is 5.57 Å². The highest BCUT2D eigenvalue weighted by Gasteiger charge is 2.33. The fraction of sp³-hybridized carbons (Fsp3) is 0.364. The van der Waals surface area contributed by atoms with Crippen LogP contribution in [0, 0.1) is 6.92 Å². The van der Waals surface area contributed by atoms with Gasteiger partial charge in [0.2, 0.25) is 11.6 Å². The molecule has 1 aliphatic rings. The van der Waals surface area contributed by atoms with Crippen molar-refractivity contribution in [3.63, 3.8) is 0 Å². The summed E-state index contributed by atoms with van der Waals surface area (Å²) >= 11 is 1.26. The Morgan fingerprint density at radius 3 is 2.62 bits per heavy atom. The van der Waals surface area contributed by atoms with Gasteiger partial charge in [0.25, 0.3) is 0 Å². The molecule has 16 heavy (non-hydrogen) atoms. The standard InChI is InChI=1S/C11H12N2O2S/c1-3-4-6-7(12)10(15)8-11(9(6)14)16-5(2)13-8/h3-4,12H2,1-2H3. The summed E-state index contributed by atoms with van der Waals surface area (Å²) in [4.78, 5) is 28.4. The van der Waals surface area contributed by atoms with Crippen molar-refractivity contribution in [2.45, 2.75) is 26.7 Å². The molecule has 0 radical (unpaired) electrons. The van der Waals surface area contributed by atoms with Crippen LogP contribution in [0.3, 0.4) is 0 Å². The van der Waals surface area contributed by atoms with Gasteiger partial charge in [0.05, 0.1) is 10.7 Å². The monoisotopic (exact) mass is 236 g/mol. The third-order valence-electron chi connectivity index (χ3n) is 2.50. The Morgan fingerprint density at radius 1 is 1.31 bits per heavy atom. The van der Waals surface area contributed by atoms with Gasteiger partial charge in [-0.15, -0.1) is 11.3 Å².